The smallest absolute Gasteiger partial charge is 0.311 e. The molecular formula is C16H22BN5O5. The number of ether oxygens (including phenoxy) is 2. The molecule has 2 aromatic heterocycles. The Morgan fingerprint density at radius 3 is 2.74 bits per heavy atom. The molecule has 0 saturated heterocycles. The molecular weight excluding hydrogens is 353 g/mol. The third kappa shape index (κ3) is 4.29. The van der Waals surface area contributed by atoms with Crippen molar-refractivity contribution in [3.63, 3.8) is 0 Å². The number of nitrogen functional groups attached to an aromatic ring is 1. The second kappa shape index (κ2) is 7.81. The zero-order valence-corrected chi connectivity index (χ0v) is 15.6. The van der Waals surface area contributed by atoms with E-state index in [2.05, 4.69) is 10.1 Å². The highest BCUT2D eigenvalue weighted by atomic mass is 16.6. The fourth-order valence-electron chi connectivity index (χ4n) is 2.52. The number of nitrogens with two attached hydrogens (primary N) is 1. The molecule has 0 aliphatic carbocycles. The molecule has 0 spiro atoms. The van der Waals surface area contributed by atoms with E-state index in [-0.39, 0.29) is 11.5 Å². The zero-order valence-electron chi connectivity index (χ0n) is 15.6. The van der Waals surface area contributed by atoms with Gasteiger partial charge in [-0.25, -0.2) is 9.50 Å². The molecule has 144 valence electrons. The van der Waals surface area contributed by atoms with E-state index in [1.54, 1.807) is 34.7 Å². The number of carbonyl (C=O) groups is 1. The van der Waals surface area contributed by atoms with Gasteiger partial charge in [0.1, 0.15) is 38.5 Å². The molecule has 0 radical (unpaired) electrons. The monoisotopic (exact) mass is 375 g/mol. The number of fused-ring (bicyclic) bond motifs is 1. The van der Waals surface area contributed by atoms with Crippen molar-refractivity contribution in [1.29, 1.82) is 5.26 Å². The molecule has 0 aliphatic heterocycles. The zero-order chi connectivity index (χ0) is 20.4. The average Bonchev–Trinajstić information content (AvgIpc) is 2.94. The van der Waals surface area contributed by atoms with Gasteiger partial charge in [0.25, 0.3) is 6.26 Å². The van der Waals surface area contributed by atoms with Gasteiger partial charge >= 0.3 is 5.97 Å². The normalized spacial score (nSPS) is 15.0. The van der Waals surface area contributed by atoms with Crippen molar-refractivity contribution < 1.29 is 24.5 Å². The van der Waals surface area contributed by atoms with E-state index in [4.69, 9.17) is 20.5 Å². The topological polar surface area (TPSA) is 156 Å². The summed E-state index contributed by atoms with van der Waals surface area (Å²) >= 11 is 0. The quantitative estimate of drug-likeness (QED) is 0.308. The molecule has 3 atom stereocenters. The van der Waals surface area contributed by atoms with Crippen LogP contribution in [-0.2, 0) is 14.3 Å². The van der Waals surface area contributed by atoms with E-state index in [1.807, 2.05) is 0 Å². The molecule has 4 N–H and O–H groups in total. The molecule has 0 aliphatic rings. The first-order valence-corrected chi connectivity index (χ1v) is 8.24. The van der Waals surface area contributed by atoms with Crippen LogP contribution in [0.3, 0.4) is 0 Å². The van der Waals surface area contributed by atoms with Crippen molar-refractivity contribution in [2.24, 2.45) is 5.41 Å². The van der Waals surface area contributed by atoms with Crippen LogP contribution in [0.25, 0.3) is 5.52 Å². The van der Waals surface area contributed by atoms with Crippen LogP contribution in [0.15, 0.2) is 12.4 Å². The van der Waals surface area contributed by atoms with Gasteiger partial charge in [0.15, 0.2) is 11.9 Å². The maximum absolute atomic E-state index is 11.9. The van der Waals surface area contributed by atoms with Crippen LogP contribution in [0.5, 0.6) is 0 Å². The van der Waals surface area contributed by atoms with E-state index in [1.165, 1.54) is 17.1 Å². The van der Waals surface area contributed by atoms with Crippen molar-refractivity contribution in [2.75, 3.05) is 12.3 Å². The summed E-state index contributed by atoms with van der Waals surface area (Å²) in [6.07, 6.45) is -1.63. The molecule has 0 amide bonds. The van der Waals surface area contributed by atoms with Crippen molar-refractivity contribution in [3.05, 3.63) is 18.1 Å². The molecule has 0 aromatic carbocycles. The summed E-state index contributed by atoms with van der Waals surface area (Å²) in [5.74, 6) is -0.306. The van der Waals surface area contributed by atoms with Gasteiger partial charge in [0, 0.05) is 0 Å². The second-order valence-corrected chi connectivity index (χ2v) is 7.19. The van der Waals surface area contributed by atoms with Crippen molar-refractivity contribution in [1.82, 2.24) is 14.6 Å². The molecule has 0 bridgehead atoms. The van der Waals surface area contributed by atoms with E-state index in [9.17, 15) is 15.0 Å². The van der Waals surface area contributed by atoms with E-state index in [0.29, 0.717) is 11.0 Å². The van der Waals surface area contributed by atoms with Gasteiger partial charge in [0.2, 0.25) is 0 Å². The number of nitrogens with zero attached hydrogens (tertiary/aromatic N) is 4. The minimum atomic E-state index is -1.56. The highest BCUT2D eigenvalue weighted by molar-refractivity contribution is 6.37. The number of nitriles is 1. The number of aromatic nitrogens is 3. The van der Waals surface area contributed by atoms with Crippen LogP contribution in [-0.4, -0.2) is 57.4 Å². The molecule has 0 unspecified atom stereocenters. The number of anilines is 1. The fraction of sp³-hybridized carbons (Fsp3) is 0.500. The summed E-state index contributed by atoms with van der Waals surface area (Å²) in [5, 5.41) is 34.0. The summed E-state index contributed by atoms with van der Waals surface area (Å²) in [6.45, 7) is 4.60. The predicted molar refractivity (Wildman–Crippen MR) is 97.4 cm³/mol. The Morgan fingerprint density at radius 1 is 1.48 bits per heavy atom. The lowest BCUT2D eigenvalue weighted by atomic mass is 9.96. The maximum Gasteiger partial charge on any atom is 0.311 e. The molecule has 11 heteroatoms. The van der Waals surface area contributed by atoms with Crippen LogP contribution in [0.1, 0.15) is 32.6 Å². The first-order valence-electron chi connectivity index (χ1n) is 8.24. The van der Waals surface area contributed by atoms with E-state index >= 15 is 0 Å². The first kappa shape index (κ1) is 20.5. The lowest BCUT2D eigenvalue weighted by molar-refractivity contribution is -0.160. The van der Waals surface area contributed by atoms with E-state index < -0.39 is 36.3 Å². The van der Waals surface area contributed by atoms with Crippen LogP contribution in [0.4, 0.5) is 5.82 Å². The maximum atomic E-state index is 11.9. The first-order chi connectivity index (χ1) is 12.6. The molecule has 0 saturated carbocycles. The van der Waals surface area contributed by atoms with Crippen LogP contribution >= 0.6 is 0 Å². The predicted octanol–water partition coefficient (Wildman–Crippen LogP) is -1.58. The Hall–Kier alpha value is -2.84. The van der Waals surface area contributed by atoms with Gasteiger partial charge in [0.05, 0.1) is 11.1 Å². The molecule has 2 rings (SSSR count). The summed E-state index contributed by atoms with van der Waals surface area (Å²) in [6, 6.07) is 1.60. The summed E-state index contributed by atoms with van der Waals surface area (Å²) in [4.78, 5) is 15.8. The molecule has 2 aromatic rings. The van der Waals surface area contributed by atoms with Crippen LogP contribution in [0, 0.1) is 16.9 Å². The number of aliphatic hydroxyl groups is 2. The highest BCUT2D eigenvalue weighted by Gasteiger charge is 2.34. The number of rotatable bonds is 6. The minimum absolute atomic E-state index is 0.222. The molecule has 0 fully saturated rings. The van der Waals surface area contributed by atoms with Gasteiger partial charge < -0.3 is 25.4 Å². The lowest BCUT2D eigenvalue weighted by Crippen LogP contribution is -2.39. The molecule has 2 heterocycles. The SMILES string of the molecule is Bc1cc([C@H](O)[C@H](O)[C@@H](COC(=O)C(C)(C)C)OC#N)n2ncnc(N)c12. The van der Waals surface area contributed by atoms with Gasteiger partial charge in [-0.2, -0.15) is 10.4 Å². The van der Waals surface area contributed by atoms with E-state index in [0.717, 1.165) is 0 Å². The van der Waals surface area contributed by atoms with Crippen molar-refractivity contribution >= 4 is 30.6 Å². The minimum Gasteiger partial charge on any atom is -0.461 e. The van der Waals surface area contributed by atoms with Crippen molar-refractivity contribution in [2.45, 2.75) is 39.1 Å². The number of hydrogen-bond donors (Lipinski definition) is 3. The van der Waals surface area contributed by atoms with Gasteiger partial charge in [-0.1, -0.05) is 5.46 Å². The number of aliphatic hydroxyl groups excluding tert-OH is 2. The lowest BCUT2D eigenvalue weighted by Gasteiger charge is -2.25. The third-order valence-electron chi connectivity index (χ3n) is 4.00. The Labute approximate surface area is 156 Å². The fourth-order valence-corrected chi connectivity index (χ4v) is 2.52. The Morgan fingerprint density at radius 2 is 2.15 bits per heavy atom. The Balaban J connectivity index is 2.25. The summed E-state index contributed by atoms with van der Waals surface area (Å²) < 4.78 is 11.3. The molecule has 27 heavy (non-hydrogen) atoms. The van der Waals surface area contributed by atoms with Crippen molar-refractivity contribution in [3.8, 4) is 6.26 Å². The van der Waals surface area contributed by atoms with Crippen LogP contribution in [0.2, 0.25) is 0 Å². The Kier molecular flexibility index (Phi) is 5.93. The number of esters is 1. The highest BCUT2D eigenvalue weighted by Crippen LogP contribution is 2.23. The standard InChI is InChI=1S/C16H22BN5O5/c1-16(2,3)15(25)26-5-10(27-6-18)13(24)12(23)9-4-8(17)11-14(19)20-7-21-22(9)11/h4,7,10,12-13,23-24H,5,17H2,1-3H3,(H2,19,20,21)/t10-,12+,13-/m1/s1. The number of hydrogen-bond acceptors (Lipinski definition) is 9. The van der Waals surface area contributed by atoms with Gasteiger partial charge in [-0.15, -0.1) is 0 Å². The third-order valence-corrected chi connectivity index (χ3v) is 4.00. The largest absolute Gasteiger partial charge is 0.461 e. The summed E-state index contributed by atoms with van der Waals surface area (Å²) in [7, 11) is 1.76. The number of carbonyl (C=O) groups excluding carboxylic acids is 1. The molecule has 10 nitrogen and oxygen atoms in total. The summed E-state index contributed by atoms with van der Waals surface area (Å²) in [5.41, 5.74) is 6.50. The second-order valence-electron chi connectivity index (χ2n) is 7.19. The van der Waals surface area contributed by atoms with Crippen LogP contribution < -0.4 is 11.2 Å². The van der Waals surface area contributed by atoms with Gasteiger partial charge in [-0.05, 0) is 26.8 Å². The van der Waals surface area contributed by atoms with Gasteiger partial charge in [-0.3, -0.25) is 4.79 Å². The average molecular weight is 375 g/mol. The Bertz CT molecular complexity index is 872.